The molecule has 0 aliphatic heterocycles. The number of nitrogens with one attached hydrogen (secondary N) is 1. The van der Waals surface area contributed by atoms with E-state index in [1.54, 1.807) is 4.52 Å². The topological polar surface area (TPSA) is 96.2 Å². The third-order valence-electron chi connectivity index (χ3n) is 4.00. The van der Waals surface area contributed by atoms with Crippen LogP contribution in [0.2, 0.25) is 0 Å². The predicted octanol–water partition coefficient (Wildman–Crippen LogP) is 3.46. The number of carboxylic acid groups (broad SMARTS) is 1. The summed E-state index contributed by atoms with van der Waals surface area (Å²) in [4.78, 5) is 23.9. The van der Waals surface area contributed by atoms with Crippen LogP contribution in [0.15, 0.2) is 18.6 Å². The van der Waals surface area contributed by atoms with Gasteiger partial charge < -0.3 is 10.1 Å². The Morgan fingerprint density at radius 2 is 2.21 bits per heavy atom. The van der Waals surface area contributed by atoms with Crippen molar-refractivity contribution < 1.29 is 9.90 Å². The molecule has 0 bridgehead atoms. The molecule has 4 aromatic heterocycles. The number of rotatable bonds is 3. The Kier molecular flexibility index (Phi) is 3.17. The second-order valence-corrected chi connectivity index (χ2v) is 7.01. The lowest BCUT2D eigenvalue weighted by atomic mass is 9.99. The number of aromatic carboxylic acids is 1. The number of fused-ring (bicyclic) bond motifs is 2. The van der Waals surface area contributed by atoms with E-state index in [1.165, 1.54) is 6.33 Å². The third kappa shape index (κ3) is 2.10. The van der Waals surface area contributed by atoms with Crippen LogP contribution in [0, 0.1) is 6.92 Å². The van der Waals surface area contributed by atoms with E-state index in [-0.39, 0.29) is 10.9 Å². The fourth-order valence-electron chi connectivity index (χ4n) is 3.00. The van der Waals surface area contributed by atoms with Gasteiger partial charge in [-0.3, -0.25) is 0 Å². The summed E-state index contributed by atoms with van der Waals surface area (Å²) in [5.41, 5.74) is 5.54. The van der Waals surface area contributed by atoms with Crippen molar-refractivity contribution in [1.29, 1.82) is 0 Å². The van der Waals surface area contributed by atoms with E-state index < -0.39 is 5.97 Å². The van der Waals surface area contributed by atoms with E-state index >= 15 is 0 Å². The zero-order chi connectivity index (χ0) is 17.0. The zero-order valence-corrected chi connectivity index (χ0v) is 14.2. The Labute approximate surface area is 141 Å². The van der Waals surface area contributed by atoms with Gasteiger partial charge in [-0.05, 0) is 24.5 Å². The van der Waals surface area contributed by atoms with E-state index in [9.17, 15) is 4.79 Å². The quantitative estimate of drug-likeness (QED) is 0.595. The van der Waals surface area contributed by atoms with Crippen molar-refractivity contribution in [3.63, 3.8) is 0 Å². The third-order valence-corrected chi connectivity index (χ3v) is 4.96. The predicted molar refractivity (Wildman–Crippen MR) is 91.7 cm³/mol. The fourth-order valence-corrected chi connectivity index (χ4v) is 3.82. The lowest BCUT2D eigenvalue weighted by molar-refractivity contribution is 0.0696. The Morgan fingerprint density at radius 1 is 1.42 bits per heavy atom. The zero-order valence-electron chi connectivity index (χ0n) is 13.4. The fraction of sp³-hybridized carbons (Fsp3) is 0.250. The summed E-state index contributed by atoms with van der Waals surface area (Å²) < 4.78 is 1.75. The number of aromatic nitrogens is 5. The minimum Gasteiger partial charge on any atom is -0.476 e. The Hall–Kier alpha value is -2.74. The molecule has 2 N–H and O–H groups in total. The van der Waals surface area contributed by atoms with E-state index in [1.807, 2.05) is 13.1 Å². The molecule has 122 valence electrons. The lowest BCUT2D eigenvalue weighted by Gasteiger charge is -2.09. The van der Waals surface area contributed by atoms with Crippen LogP contribution in [0.1, 0.15) is 40.7 Å². The van der Waals surface area contributed by atoms with Crippen LogP contribution < -0.4 is 0 Å². The number of carboxylic acids is 1. The highest BCUT2D eigenvalue weighted by Gasteiger charge is 2.22. The average Bonchev–Trinajstić information content (AvgIpc) is 3.19. The SMILES string of the molecule is Cc1cc(-c2[nH]c3sc(C(=O)O)nc3c2C(C)C)cn2ncnc12. The second-order valence-electron chi connectivity index (χ2n) is 6.01. The maximum Gasteiger partial charge on any atom is 0.365 e. The smallest absolute Gasteiger partial charge is 0.365 e. The van der Waals surface area contributed by atoms with Crippen LogP contribution in [0.3, 0.4) is 0 Å². The van der Waals surface area contributed by atoms with Gasteiger partial charge in [0, 0.05) is 17.3 Å². The maximum atomic E-state index is 11.2. The number of hydrogen-bond donors (Lipinski definition) is 2. The molecule has 7 nitrogen and oxygen atoms in total. The number of carbonyl (C=O) groups is 1. The van der Waals surface area contributed by atoms with Gasteiger partial charge in [-0.15, -0.1) is 0 Å². The number of pyridine rings is 1. The summed E-state index contributed by atoms with van der Waals surface area (Å²) in [5, 5.41) is 13.5. The Bertz CT molecular complexity index is 1090. The molecule has 0 aliphatic carbocycles. The minimum atomic E-state index is -0.999. The molecule has 0 saturated carbocycles. The van der Waals surface area contributed by atoms with Gasteiger partial charge >= 0.3 is 5.97 Å². The van der Waals surface area contributed by atoms with Crippen LogP contribution in [0.5, 0.6) is 0 Å². The second kappa shape index (κ2) is 5.13. The van der Waals surface area contributed by atoms with Crippen molar-refractivity contribution in [2.24, 2.45) is 0 Å². The first kappa shape index (κ1) is 14.8. The molecule has 0 unspecified atom stereocenters. The number of nitrogens with zero attached hydrogens (tertiary/aromatic N) is 4. The van der Waals surface area contributed by atoms with Crippen molar-refractivity contribution in [1.82, 2.24) is 24.6 Å². The molecule has 4 rings (SSSR count). The molecule has 0 atom stereocenters. The summed E-state index contributed by atoms with van der Waals surface area (Å²) in [6.45, 7) is 6.15. The first-order chi connectivity index (χ1) is 11.5. The minimum absolute atomic E-state index is 0.104. The standard InChI is InChI=1S/C16H15N5O2S/c1-7(2)10-11(19-14-12(10)20-15(24-14)16(22)23)9-4-8(3)13-17-6-18-21(13)5-9/h4-7,19H,1-3H3,(H,22,23). The van der Waals surface area contributed by atoms with Crippen molar-refractivity contribution in [3.8, 4) is 11.3 Å². The summed E-state index contributed by atoms with van der Waals surface area (Å²) in [6.07, 6.45) is 3.46. The van der Waals surface area contributed by atoms with Gasteiger partial charge in [0.05, 0.1) is 5.69 Å². The number of thiazole rings is 1. The van der Waals surface area contributed by atoms with Gasteiger partial charge in [-0.25, -0.2) is 19.3 Å². The molecule has 4 aromatic rings. The van der Waals surface area contributed by atoms with Gasteiger partial charge in [0.1, 0.15) is 16.7 Å². The maximum absolute atomic E-state index is 11.2. The van der Waals surface area contributed by atoms with Crippen molar-refractivity contribution in [2.45, 2.75) is 26.7 Å². The van der Waals surface area contributed by atoms with Gasteiger partial charge in [0.25, 0.3) is 0 Å². The number of H-pyrrole nitrogens is 1. The van der Waals surface area contributed by atoms with Crippen LogP contribution in [-0.2, 0) is 0 Å². The first-order valence-corrected chi connectivity index (χ1v) is 8.33. The number of aromatic amines is 1. The molecular formula is C16H15N5O2S. The molecule has 24 heavy (non-hydrogen) atoms. The largest absolute Gasteiger partial charge is 0.476 e. The first-order valence-electron chi connectivity index (χ1n) is 7.51. The van der Waals surface area contributed by atoms with E-state index in [4.69, 9.17) is 5.11 Å². The molecule has 8 heteroatoms. The van der Waals surface area contributed by atoms with Crippen LogP contribution in [-0.4, -0.2) is 35.6 Å². The summed E-state index contributed by atoms with van der Waals surface area (Å²) in [6, 6.07) is 2.06. The normalized spacial score (nSPS) is 11.8. The van der Waals surface area contributed by atoms with Crippen LogP contribution in [0.4, 0.5) is 0 Å². The highest BCUT2D eigenvalue weighted by molar-refractivity contribution is 7.19. The summed E-state index contributed by atoms with van der Waals surface area (Å²) in [7, 11) is 0. The van der Waals surface area contributed by atoms with E-state index in [0.29, 0.717) is 0 Å². The molecule has 0 spiro atoms. The summed E-state index contributed by atoms with van der Waals surface area (Å²) >= 11 is 1.16. The molecular weight excluding hydrogens is 326 g/mol. The van der Waals surface area contributed by atoms with E-state index in [0.717, 1.165) is 49.7 Å². The number of hydrogen-bond acceptors (Lipinski definition) is 5. The highest BCUT2D eigenvalue weighted by Crippen LogP contribution is 2.37. The van der Waals surface area contributed by atoms with Crippen LogP contribution in [0.25, 0.3) is 27.3 Å². The molecule has 4 heterocycles. The van der Waals surface area contributed by atoms with Crippen molar-refractivity contribution >= 4 is 33.3 Å². The van der Waals surface area contributed by atoms with Gasteiger partial charge in [0.15, 0.2) is 5.65 Å². The summed E-state index contributed by atoms with van der Waals surface area (Å²) in [5.74, 6) is -0.801. The van der Waals surface area contributed by atoms with Gasteiger partial charge in [-0.2, -0.15) is 5.10 Å². The van der Waals surface area contributed by atoms with Gasteiger partial charge in [-0.1, -0.05) is 25.2 Å². The monoisotopic (exact) mass is 341 g/mol. The Balaban J connectivity index is 1.99. The van der Waals surface area contributed by atoms with Crippen molar-refractivity contribution in [3.05, 3.63) is 34.7 Å². The molecule has 0 saturated heterocycles. The van der Waals surface area contributed by atoms with E-state index in [2.05, 4.69) is 40.0 Å². The molecule has 0 radical (unpaired) electrons. The van der Waals surface area contributed by atoms with Crippen molar-refractivity contribution in [2.75, 3.05) is 0 Å². The van der Waals surface area contributed by atoms with Crippen LogP contribution >= 0.6 is 11.3 Å². The Morgan fingerprint density at radius 3 is 2.92 bits per heavy atom. The lowest BCUT2D eigenvalue weighted by Crippen LogP contribution is -1.97. The average molecular weight is 341 g/mol. The molecule has 0 amide bonds. The number of aryl methyl sites for hydroxylation is 1. The molecule has 0 aliphatic rings. The molecule has 0 aromatic carbocycles. The highest BCUT2D eigenvalue weighted by atomic mass is 32.1. The molecule has 0 fully saturated rings. The van der Waals surface area contributed by atoms with Gasteiger partial charge in [0.2, 0.25) is 5.01 Å².